The molecular weight excluding hydrogens is 344 g/mol. The van der Waals surface area contributed by atoms with Gasteiger partial charge in [0.05, 0.1) is 0 Å². The summed E-state index contributed by atoms with van der Waals surface area (Å²) in [6.45, 7) is 1.55. The summed E-state index contributed by atoms with van der Waals surface area (Å²) in [5.74, 6) is -0.334. The molecule has 0 aromatic heterocycles. The van der Waals surface area contributed by atoms with Crippen molar-refractivity contribution in [3.63, 3.8) is 0 Å². The van der Waals surface area contributed by atoms with Gasteiger partial charge in [0.1, 0.15) is 12.6 Å². The number of hydrogen-bond donors (Lipinski definition) is 1. The Morgan fingerprint density at radius 3 is 2.60 bits per heavy atom. The van der Waals surface area contributed by atoms with E-state index in [0.29, 0.717) is 31.1 Å². The summed E-state index contributed by atoms with van der Waals surface area (Å²) in [6.07, 6.45) is 1.46. The maximum absolute atomic E-state index is 12.6. The van der Waals surface area contributed by atoms with E-state index in [4.69, 9.17) is 11.6 Å². The maximum atomic E-state index is 12.6. The molecule has 0 aliphatic carbocycles. The molecule has 7 nitrogen and oxygen atoms in total. The third-order valence-corrected chi connectivity index (χ3v) is 4.93. The summed E-state index contributed by atoms with van der Waals surface area (Å²) in [5, 5.41) is 3.20. The van der Waals surface area contributed by atoms with Gasteiger partial charge in [-0.1, -0.05) is 11.6 Å². The second kappa shape index (κ2) is 7.31. The van der Waals surface area contributed by atoms with Gasteiger partial charge >= 0.3 is 6.03 Å². The van der Waals surface area contributed by atoms with Crippen LogP contribution in [0.2, 0.25) is 5.02 Å². The Morgan fingerprint density at radius 1 is 1.20 bits per heavy atom. The van der Waals surface area contributed by atoms with Crippen LogP contribution in [0.15, 0.2) is 24.3 Å². The summed E-state index contributed by atoms with van der Waals surface area (Å²) in [6, 6.07) is 6.40. The molecule has 1 atom stereocenters. The smallest absolute Gasteiger partial charge is 0.325 e. The predicted octanol–water partition coefficient (Wildman–Crippen LogP) is 1.32. The molecule has 2 fully saturated rings. The summed E-state index contributed by atoms with van der Waals surface area (Å²) < 4.78 is 0. The van der Waals surface area contributed by atoms with Crippen LogP contribution in [0.5, 0.6) is 0 Å². The van der Waals surface area contributed by atoms with Gasteiger partial charge in [-0.3, -0.25) is 14.5 Å². The number of urea groups is 1. The fraction of sp³-hybridized carbons (Fsp3) is 0.471. The minimum atomic E-state index is -0.428. The Balaban J connectivity index is 1.63. The molecule has 0 radical (unpaired) electrons. The van der Waals surface area contributed by atoms with Crippen molar-refractivity contribution in [2.45, 2.75) is 18.9 Å². The van der Waals surface area contributed by atoms with Crippen LogP contribution >= 0.6 is 11.6 Å². The van der Waals surface area contributed by atoms with Gasteiger partial charge in [0.25, 0.3) is 0 Å². The van der Waals surface area contributed by atoms with E-state index in [1.807, 2.05) is 0 Å². The topological polar surface area (TPSA) is 73.0 Å². The zero-order valence-corrected chi connectivity index (χ0v) is 14.8. The molecule has 3 rings (SSSR count). The van der Waals surface area contributed by atoms with Crippen LogP contribution in [-0.2, 0) is 9.59 Å². The van der Waals surface area contributed by atoms with Gasteiger partial charge in [-0.05, 0) is 37.1 Å². The van der Waals surface area contributed by atoms with E-state index in [9.17, 15) is 14.4 Å². The van der Waals surface area contributed by atoms with Crippen molar-refractivity contribution in [1.82, 2.24) is 15.1 Å². The van der Waals surface area contributed by atoms with Crippen molar-refractivity contribution >= 4 is 35.1 Å². The predicted molar refractivity (Wildman–Crippen MR) is 94.6 cm³/mol. The second-order valence-corrected chi connectivity index (χ2v) is 6.63. The maximum Gasteiger partial charge on any atom is 0.325 e. The molecule has 2 aliphatic heterocycles. The molecule has 1 aromatic rings. The number of benzene rings is 1. The number of hydrogen-bond acceptors (Lipinski definition) is 3. The number of nitrogens with zero attached hydrogens (tertiary/aromatic N) is 3. The summed E-state index contributed by atoms with van der Waals surface area (Å²) in [5.41, 5.74) is 0.758. The minimum Gasteiger partial charge on any atom is -0.357 e. The van der Waals surface area contributed by atoms with Crippen molar-refractivity contribution in [2.75, 3.05) is 38.1 Å². The molecule has 1 unspecified atom stereocenters. The van der Waals surface area contributed by atoms with Crippen LogP contribution < -0.4 is 10.2 Å². The average molecular weight is 365 g/mol. The van der Waals surface area contributed by atoms with Gasteiger partial charge < -0.3 is 15.1 Å². The number of likely N-dealkylation sites (tertiary alicyclic amines) is 1. The lowest BCUT2D eigenvalue weighted by Gasteiger charge is -2.26. The lowest BCUT2D eigenvalue weighted by Crippen LogP contribution is -2.48. The van der Waals surface area contributed by atoms with Gasteiger partial charge in [0.2, 0.25) is 11.8 Å². The Hall–Kier alpha value is -2.28. The number of halogens is 1. The van der Waals surface area contributed by atoms with Crippen LogP contribution in [-0.4, -0.2) is 66.9 Å². The van der Waals surface area contributed by atoms with Crippen LogP contribution in [0, 0.1) is 0 Å². The first-order valence-corrected chi connectivity index (χ1v) is 8.72. The van der Waals surface area contributed by atoms with Crippen molar-refractivity contribution < 1.29 is 14.4 Å². The Morgan fingerprint density at radius 2 is 1.92 bits per heavy atom. The highest BCUT2D eigenvalue weighted by molar-refractivity contribution is 6.30. The average Bonchev–Trinajstić information content (AvgIpc) is 3.23. The standard InChI is InChI=1S/C17H21ClN4O3/c1-19-16(24)14-3-2-8-22(14)15(23)11-20-9-10-21(17(20)25)13-6-4-12(18)5-7-13/h4-7,14H,2-3,8-11H2,1H3,(H,19,24). The van der Waals surface area contributed by atoms with E-state index in [0.717, 1.165) is 12.1 Å². The zero-order valence-electron chi connectivity index (χ0n) is 14.1. The number of carbonyl (C=O) groups excluding carboxylic acids is 3. The molecule has 0 saturated carbocycles. The van der Waals surface area contributed by atoms with E-state index in [2.05, 4.69) is 5.32 Å². The SMILES string of the molecule is CNC(=O)C1CCCN1C(=O)CN1CCN(c2ccc(Cl)cc2)C1=O. The number of nitrogens with one attached hydrogen (secondary N) is 1. The highest BCUT2D eigenvalue weighted by Crippen LogP contribution is 2.23. The van der Waals surface area contributed by atoms with Gasteiger partial charge in [0, 0.05) is 37.4 Å². The largest absolute Gasteiger partial charge is 0.357 e. The third-order valence-electron chi connectivity index (χ3n) is 4.68. The molecule has 1 aromatic carbocycles. The first-order valence-electron chi connectivity index (χ1n) is 8.34. The van der Waals surface area contributed by atoms with E-state index >= 15 is 0 Å². The number of rotatable bonds is 4. The molecule has 2 heterocycles. The molecule has 1 N–H and O–H groups in total. The number of anilines is 1. The first kappa shape index (κ1) is 17.5. The summed E-state index contributed by atoms with van der Waals surface area (Å²) in [7, 11) is 1.57. The van der Waals surface area contributed by atoms with Gasteiger partial charge in [-0.2, -0.15) is 0 Å². The molecule has 25 heavy (non-hydrogen) atoms. The summed E-state index contributed by atoms with van der Waals surface area (Å²) in [4.78, 5) is 41.8. The lowest BCUT2D eigenvalue weighted by atomic mass is 10.2. The molecule has 134 valence electrons. The number of likely N-dealkylation sites (N-methyl/N-ethyl adjacent to an activating group) is 1. The van der Waals surface area contributed by atoms with E-state index in [1.165, 1.54) is 4.90 Å². The van der Waals surface area contributed by atoms with Crippen LogP contribution in [0.3, 0.4) is 0 Å². The van der Waals surface area contributed by atoms with E-state index in [1.54, 1.807) is 41.1 Å². The molecule has 2 saturated heterocycles. The fourth-order valence-electron chi connectivity index (χ4n) is 3.35. The first-order chi connectivity index (χ1) is 12.0. The Bertz CT molecular complexity index is 679. The monoisotopic (exact) mass is 364 g/mol. The molecular formula is C17H21ClN4O3. The third kappa shape index (κ3) is 3.56. The van der Waals surface area contributed by atoms with Crippen LogP contribution in [0.1, 0.15) is 12.8 Å². The lowest BCUT2D eigenvalue weighted by molar-refractivity contribution is -0.138. The Labute approximate surface area is 151 Å². The zero-order chi connectivity index (χ0) is 18.0. The van der Waals surface area contributed by atoms with Crippen molar-refractivity contribution in [1.29, 1.82) is 0 Å². The van der Waals surface area contributed by atoms with Crippen molar-refractivity contribution in [2.24, 2.45) is 0 Å². The van der Waals surface area contributed by atoms with E-state index < -0.39 is 6.04 Å². The van der Waals surface area contributed by atoms with Crippen LogP contribution in [0.25, 0.3) is 0 Å². The molecule has 4 amide bonds. The van der Waals surface area contributed by atoms with Crippen molar-refractivity contribution in [3.8, 4) is 0 Å². The van der Waals surface area contributed by atoms with E-state index in [-0.39, 0.29) is 24.4 Å². The Kier molecular flexibility index (Phi) is 5.13. The van der Waals surface area contributed by atoms with Crippen LogP contribution in [0.4, 0.5) is 10.5 Å². The highest BCUT2D eigenvalue weighted by Gasteiger charge is 2.37. The minimum absolute atomic E-state index is 0.00355. The van der Waals surface area contributed by atoms with Gasteiger partial charge in [-0.15, -0.1) is 0 Å². The molecule has 2 aliphatic rings. The van der Waals surface area contributed by atoms with Gasteiger partial charge in [0.15, 0.2) is 0 Å². The number of amides is 4. The molecule has 0 bridgehead atoms. The van der Waals surface area contributed by atoms with Gasteiger partial charge in [-0.25, -0.2) is 4.79 Å². The number of carbonyl (C=O) groups is 3. The molecule has 0 spiro atoms. The second-order valence-electron chi connectivity index (χ2n) is 6.19. The van der Waals surface area contributed by atoms with Crippen molar-refractivity contribution in [3.05, 3.63) is 29.3 Å². The quantitative estimate of drug-likeness (QED) is 0.875. The fourth-order valence-corrected chi connectivity index (χ4v) is 3.47. The molecule has 8 heteroatoms. The summed E-state index contributed by atoms with van der Waals surface area (Å²) >= 11 is 5.88. The normalized spacial score (nSPS) is 20.3. The highest BCUT2D eigenvalue weighted by atomic mass is 35.5.